The first-order valence-corrected chi connectivity index (χ1v) is 6.19. The predicted octanol–water partition coefficient (Wildman–Crippen LogP) is 1.32. The SMILES string of the molecule is CCCS(=O)(=O)c1ccc(C#N)cc1N. The summed E-state index contributed by atoms with van der Waals surface area (Å²) >= 11 is 0. The van der Waals surface area contributed by atoms with Gasteiger partial charge in [0.15, 0.2) is 9.84 Å². The number of nitriles is 1. The van der Waals surface area contributed by atoms with Crippen molar-refractivity contribution in [2.75, 3.05) is 11.5 Å². The van der Waals surface area contributed by atoms with Crippen molar-refractivity contribution in [3.63, 3.8) is 0 Å². The summed E-state index contributed by atoms with van der Waals surface area (Å²) in [6.07, 6.45) is 0.543. The van der Waals surface area contributed by atoms with E-state index in [1.165, 1.54) is 18.2 Å². The van der Waals surface area contributed by atoms with Crippen LogP contribution in [0.3, 0.4) is 0 Å². The van der Waals surface area contributed by atoms with E-state index in [1.807, 2.05) is 6.07 Å². The molecule has 1 rings (SSSR count). The van der Waals surface area contributed by atoms with Crippen LogP contribution in [-0.4, -0.2) is 14.2 Å². The Kier molecular flexibility index (Phi) is 3.32. The molecule has 0 unspecified atom stereocenters. The van der Waals surface area contributed by atoms with E-state index in [0.717, 1.165) is 0 Å². The molecule has 0 bridgehead atoms. The maximum Gasteiger partial charge on any atom is 0.180 e. The number of nitrogen functional groups attached to an aromatic ring is 1. The van der Waals surface area contributed by atoms with Gasteiger partial charge in [0.1, 0.15) is 0 Å². The average molecular weight is 224 g/mol. The quantitative estimate of drug-likeness (QED) is 0.785. The van der Waals surface area contributed by atoms with Crippen molar-refractivity contribution in [3.05, 3.63) is 23.8 Å². The Balaban J connectivity index is 3.24. The maximum absolute atomic E-state index is 11.7. The number of nitrogens with two attached hydrogens (primary N) is 1. The lowest BCUT2D eigenvalue weighted by atomic mass is 10.2. The van der Waals surface area contributed by atoms with Crippen molar-refractivity contribution in [3.8, 4) is 6.07 Å². The van der Waals surface area contributed by atoms with Crippen LogP contribution in [0.4, 0.5) is 5.69 Å². The molecule has 0 saturated heterocycles. The number of nitrogens with zero attached hydrogens (tertiary/aromatic N) is 1. The Hall–Kier alpha value is -1.54. The molecule has 0 saturated carbocycles. The molecule has 0 fully saturated rings. The summed E-state index contributed by atoms with van der Waals surface area (Å²) in [7, 11) is -3.30. The van der Waals surface area contributed by atoms with Crippen LogP contribution in [-0.2, 0) is 9.84 Å². The fourth-order valence-electron chi connectivity index (χ4n) is 1.28. The van der Waals surface area contributed by atoms with Crippen molar-refractivity contribution < 1.29 is 8.42 Å². The molecular formula is C10H12N2O2S. The molecule has 0 spiro atoms. The summed E-state index contributed by atoms with van der Waals surface area (Å²) < 4.78 is 23.4. The molecule has 0 aliphatic rings. The second kappa shape index (κ2) is 4.32. The molecule has 80 valence electrons. The topological polar surface area (TPSA) is 84.0 Å². The van der Waals surface area contributed by atoms with Gasteiger partial charge in [-0.2, -0.15) is 5.26 Å². The zero-order valence-corrected chi connectivity index (χ0v) is 9.21. The third-order valence-corrected chi connectivity index (χ3v) is 3.93. The standard InChI is InChI=1S/C10H12N2O2S/c1-2-5-15(13,14)10-4-3-8(7-11)6-9(10)12/h3-4,6H,2,5,12H2,1H3. The highest BCUT2D eigenvalue weighted by atomic mass is 32.2. The lowest BCUT2D eigenvalue weighted by Gasteiger charge is -2.06. The highest BCUT2D eigenvalue weighted by Gasteiger charge is 2.16. The van der Waals surface area contributed by atoms with Crippen molar-refractivity contribution >= 4 is 15.5 Å². The highest BCUT2D eigenvalue weighted by molar-refractivity contribution is 7.91. The summed E-state index contributed by atoms with van der Waals surface area (Å²) in [5.74, 6) is 0.0725. The molecule has 5 heteroatoms. The van der Waals surface area contributed by atoms with Gasteiger partial charge in [-0.05, 0) is 24.6 Å². The lowest BCUT2D eigenvalue weighted by molar-refractivity contribution is 0.595. The molecule has 0 aromatic heterocycles. The zero-order valence-electron chi connectivity index (χ0n) is 8.40. The molecule has 1 aromatic rings. The van der Waals surface area contributed by atoms with E-state index in [9.17, 15) is 8.42 Å². The molecular weight excluding hydrogens is 212 g/mol. The largest absolute Gasteiger partial charge is 0.398 e. The fourth-order valence-corrected chi connectivity index (χ4v) is 2.73. The van der Waals surface area contributed by atoms with Gasteiger partial charge >= 0.3 is 0 Å². The fraction of sp³-hybridized carbons (Fsp3) is 0.300. The van der Waals surface area contributed by atoms with Crippen molar-refractivity contribution in [1.29, 1.82) is 5.26 Å². The maximum atomic E-state index is 11.7. The first-order chi connectivity index (χ1) is 7.01. The Morgan fingerprint density at radius 1 is 1.47 bits per heavy atom. The summed E-state index contributed by atoms with van der Waals surface area (Å²) in [5.41, 5.74) is 6.09. The molecule has 0 amide bonds. The van der Waals surface area contributed by atoms with Crippen LogP contribution in [0.5, 0.6) is 0 Å². The normalized spacial score (nSPS) is 10.9. The minimum absolute atomic E-state index is 0.0725. The molecule has 0 radical (unpaired) electrons. The lowest BCUT2D eigenvalue weighted by Crippen LogP contribution is -2.08. The van der Waals surface area contributed by atoms with E-state index < -0.39 is 9.84 Å². The molecule has 1 aromatic carbocycles. The van der Waals surface area contributed by atoms with Crippen LogP contribution in [0.1, 0.15) is 18.9 Å². The van der Waals surface area contributed by atoms with Gasteiger partial charge in [0.25, 0.3) is 0 Å². The van der Waals surface area contributed by atoms with E-state index in [0.29, 0.717) is 12.0 Å². The summed E-state index contributed by atoms with van der Waals surface area (Å²) in [6.45, 7) is 1.79. The smallest absolute Gasteiger partial charge is 0.180 e. The molecule has 0 aliphatic heterocycles. The Bertz CT molecular complexity index is 501. The predicted molar refractivity (Wildman–Crippen MR) is 57.9 cm³/mol. The minimum Gasteiger partial charge on any atom is -0.398 e. The summed E-state index contributed by atoms with van der Waals surface area (Å²) in [5, 5.41) is 8.60. The average Bonchev–Trinajstić information content (AvgIpc) is 2.17. The van der Waals surface area contributed by atoms with E-state index in [-0.39, 0.29) is 16.3 Å². The number of hydrogen-bond acceptors (Lipinski definition) is 4. The van der Waals surface area contributed by atoms with E-state index in [1.54, 1.807) is 6.92 Å². The minimum atomic E-state index is -3.30. The van der Waals surface area contributed by atoms with Gasteiger partial charge in [0.05, 0.1) is 28.0 Å². The first kappa shape index (κ1) is 11.5. The van der Waals surface area contributed by atoms with Crippen LogP contribution >= 0.6 is 0 Å². The van der Waals surface area contributed by atoms with Crippen LogP contribution in [0.2, 0.25) is 0 Å². The van der Waals surface area contributed by atoms with E-state index >= 15 is 0 Å². The second-order valence-electron chi connectivity index (χ2n) is 3.18. The van der Waals surface area contributed by atoms with E-state index in [4.69, 9.17) is 11.0 Å². The number of benzene rings is 1. The number of hydrogen-bond donors (Lipinski definition) is 1. The van der Waals surface area contributed by atoms with Crippen LogP contribution in [0.15, 0.2) is 23.1 Å². The van der Waals surface area contributed by atoms with Crippen molar-refractivity contribution in [2.24, 2.45) is 0 Å². The second-order valence-corrected chi connectivity index (χ2v) is 5.26. The van der Waals surface area contributed by atoms with Crippen LogP contribution < -0.4 is 5.73 Å². The van der Waals surface area contributed by atoms with Crippen molar-refractivity contribution in [2.45, 2.75) is 18.2 Å². The van der Waals surface area contributed by atoms with Gasteiger partial charge in [-0.15, -0.1) is 0 Å². The Labute approximate surface area is 89.2 Å². The third-order valence-electron chi connectivity index (χ3n) is 1.95. The van der Waals surface area contributed by atoms with Gasteiger partial charge in [-0.25, -0.2) is 8.42 Å². The Morgan fingerprint density at radius 3 is 2.60 bits per heavy atom. The molecule has 2 N–H and O–H groups in total. The van der Waals surface area contributed by atoms with Gasteiger partial charge in [0.2, 0.25) is 0 Å². The summed E-state index contributed by atoms with van der Waals surface area (Å²) in [6, 6.07) is 6.13. The van der Waals surface area contributed by atoms with E-state index in [2.05, 4.69) is 0 Å². The zero-order chi connectivity index (χ0) is 11.5. The van der Waals surface area contributed by atoms with Gasteiger partial charge < -0.3 is 5.73 Å². The van der Waals surface area contributed by atoms with Gasteiger partial charge in [0, 0.05) is 0 Å². The number of rotatable bonds is 3. The third kappa shape index (κ3) is 2.48. The van der Waals surface area contributed by atoms with Crippen LogP contribution in [0.25, 0.3) is 0 Å². The highest BCUT2D eigenvalue weighted by Crippen LogP contribution is 2.21. The monoisotopic (exact) mass is 224 g/mol. The molecule has 15 heavy (non-hydrogen) atoms. The first-order valence-electron chi connectivity index (χ1n) is 4.53. The molecule has 0 heterocycles. The molecule has 0 aliphatic carbocycles. The summed E-state index contributed by atoms with van der Waals surface area (Å²) in [4.78, 5) is 0.114. The Morgan fingerprint density at radius 2 is 2.13 bits per heavy atom. The molecule has 0 atom stereocenters. The number of sulfone groups is 1. The van der Waals surface area contributed by atoms with Crippen molar-refractivity contribution in [1.82, 2.24) is 0 Å². The van der Waals surface area contributed by atoms with Crippen LogP contribution in [0, 0.1) is 11.3 Å². The number of anilines is 1. The van der Waals surface area contributed by atoms with Gasteiger partial charge in [-0.1, -0.05) is 6.92 Å². The molecule has 4 nitrogen and oxygen atoms in total. The van der Waals surface area contributed by atoms with Gasteiger partial charge in [-0.3, -0.25) is 0 Å².